The quantitative estimate of drug-likeness (QED) is 0.558. The van der Waals surface area contributed by atoms with Crippen molar-refractivity contribution in [2.75, 3.05) is 11.8 Å². The van der Waals surface area contributed by atoms with Gasteiger partial charge in [0.2, 0.25) is 0 Å². The molecule has 162 valence electrons. The molecule has 3 aromatic rings. The van der Waals surface area contributed by atoms with Gasteiger partial charge in [-0.2, -0.15) is 5.26 Å². The van der Waals surface area contributed by atoms with Crippen molar-refractivity contribution in [3.8, 4) is 17.3 Å². The Morgan fingerprint density at radius 2 is 1.97 bits per heavy atom. The Bertz CT molecular complexity index is 1310. The number of aromatic nitrogens is 1. The number of hydrogen-bond acceptors (Lipinski definition) is 6. The molecule has 7 nitrogen and oxygen atoms in total. The predicted octanol–water partition coefficient (Wildman–Crippen LogP) is 4.48. The first-order chi connectivity index (χ1) is 15.4. The van der Waals surface area contributed by atoms with Crippen LogP contribution < -0.4 is 4.72 Å². The van der Waals surface area contributed by atoms with Crippen LogP contribution in [0.5, 0.6) is 0 Å². The predicted molar refractivity (Wildman–Crippen MR) is 120 cm³/mol. The Morgan fingerprint density at radius 3 is 2.59 bits per heavy atom. The van der Waals surface area contributed by atoms with Crippen molar-refractivity contribution in [3.05, 3.63) is 77.5 Å². The second-order valence-electron chi connectivity index (χ2n) is 7.56. The number of methoxy groups -OCH3 is 1. The van der Waals surface area contributed by atoms with Gasteiger partial charge in [-0.15, -0.1) is 0 Å². The van der Waals surface area contributed by atoms with Crippen LogP contribution in [-0.2, 0) is 14.8 Å². The van der Waals surface area contributed by atoms with E-state index in [-0.39, 0.29) is 22.1 Å². The number of rotatable bonds is 6. The molecule has 0 saturated heterocycles. The van der Waals surface area contributed by atoms with Gasteiger partial charge in [0.15, 0.2) is 0 Å². The average molecular weight is 448 g/mol. The summed E-state index contributed by atoms with van der Waals surface area (Å²) >= 11 is 0. The third-order valence-corrected chi connectivity index (χ3v) is 7.02. The first kappa shape index (κ1) is 21.5. The summed E-state index contributed by atoms with van der Waals surface area (Å²) in [6.45, 7) is 0. The lowest BCUT2D eigenvalue weighted by molar-refractivity contribution is 0.0600. The largest absolute Gasteiger partial charge is 0.465 e. The molecule has 0 spiro atoms. The molecule has 1 aliphatic rings. The molecule has 1 aromatic heterocycles. The number of ether oxygens (including phenoxy) is 1. The Kier molecular flexibility index (Phi) is 5.93. The zero-order valence-corrected chi connectivity index (χ0v) is 18.2. The number of carbonyl (C=O) groups is 1. The fourth-order valence-electron chi connectivity index (χ4n) is 3.71. The van der Waals surface area contributed by atoms with Crippen LogP contribution in [-0.4, -0.2) is 26.5 Å². The first-order valence-electron chi connectivity index (χ1n) is 10.1. The topological polar surface area (TPSA) is 109 Å². The van der Waals surface area contributed by atoms with Crippen molar-refractivity contribution in [2.24, 2.45) is 0 Å². The Hall–Kier alpha value is -3.70. The highest BCUT2D eigenvalue weighted by Gasteiger charge is 2.29. The lowest BCUT2D eigenvalue weighted by atomic mass is 9.80. The molecule has 0 amide bonds. The van der Waals surface area contributed by atoms with E-state index in [1.807, 2.05) is 6.07 Å². The second-order valence-corrected chi connectivity index (χ2v) is 9.22. The van der Waals surface area contributed by atoms with Crippen molar-refractivity contribution in [2.45, 2.75) is 30.1 Å². The summed E-state index contributed by atoms with van der Waals surface area (Å²) in [5, 5.41) is 9.33. The molecule has 0 aliphatic heterocycles. The minimum Gasteiger partial charge on any atom is -0.465 e. The number of pyridine rings is 1. The molecule has 2 aromatic carbocycles. The Morgan fingerprint density at radius 1 is 1.16 bits per heavy atom. The maximum Gasteiger partial charge on any atom is 0.337 e. The smallest absolute Gasteiger partial charge is 0.337 e. The molecule has 1 heterocycles. The molecule has 0 unspecified atom stereocenters. The van der Waals surface area contributed by atoms with E-state index < -0.39 is 16.0 Å². The van der Waals surface area contributed by atoms with Crippen LogP contribution in [0.2, 0.25) is 0 Å². The standard InChI is InChI=1S/C24H21N3O4S/c1-31-24(28)18-9-11-19(17-5-4-6-17)23(14-18)32(29,30)27-22-13-16(15-25)8-10-20(22)21-7-2-3-12-26-21/h2-3,7-14,17,27H,4-6H2,1H3. The summed E-state index contributed by atoms with van der Waals surface area (Å²) in [4.78, 5) is 16.4. The van der Waals surface area contributed by atoms with Gasteiger partial charge in [0.05, 0.1) is 40.6 Å². The Labute approximate surface area is 186 Å². The van der Waals surface area contributed by atoms with Gasteiger partial charge in [-0.25, -0.2) is 13.2 Å². The van der Waals surface area contributed by atoms with Gasteiger partial charge in [-0.05, 0) is 66.8 Å². The number of hydrogen-bond donors (Lipinski definition) is 1. The van der Waals surface area contributed by atoms with E-state index in [4.69, 9.17) is 4.74 Å². The summed E-state index contributed by atoms with van der Waals surface area (Å²) in [5.74, 6) is -0.490. The molecule has 1 saturated carbocycles. The second kappa shape index (κ2) is 8.81. The van der Waals surface area contributed by atoms with Gasteiger partial charge >= 0.3 is 5.97 Å². The lowest BCUT2D eigenvalue weighted by Crippen LogP contribution is -2.20. The van der Waals surface area contributed by atoms with Crippen molar-refractivity contribution in [1.29, 1.82) is 5.26 Å². The number of nitrogens with zero attached hydrogens (tertiary/aromatic N) is 2. The van der Waals surface area contributed by atoms with Crippen molar-refractivity contribution >= 4 is 21.7 Å². The number of nitrogens with one attached hydrogen (secondary N) is 1. The highest BCUT2D eigenvalue weighted by atomic mass is 32.2. The highest BCUT2D eigenvalue weighted by molar-refractivity contribution is 7.92. The van der Waals surface area contributed by atoms with E-state index >= 15 is 0 Å². The van der Waals surface area contributed by atoms with Crippen LogP contribution >= 0.6 is 0 Å². The minimum absolute atomic E-state index is 0.0411. The maximum absolute atomic E-state index is 13.5. The van der Waals surface area contributed by atoms with Crippen molar-refractivity contribution in [1.82, 2.24) is 4.98 Å². The number of sulfonamides is 1. The van der Waals surface area contributed by atoms with Crippen LogP contribution in [0.15, 0.2) is 65.7 Å². The monoisotopic (exact) mass is 447 g/mol. The number of benzene rings is 2. The van der Waals surface area contributed by atoms with Gasteiger partial charge in [0.25, 0.3) is 10.0 Å². The summed E-state index contributed by atoms with van der Waals surface area (Å²) < 4.78 is 34.5. The maximum atomic E-state index is 13.5. The summed E-state index contributed by atoms with van der Waals surface area (Å²) in [6, 6.07) is 16.8. The zero-order valence-electron chi connectivity index (χ0n) is 17.4. The molecule has 1 aliphatic carbocycles. The van der Waals surface area contributed by atoms with E-state index in [1.54, 1.807) is 48.7 Å². The highest BCUT2D eigenvalue weighted by Crippen LogP contribution is 2.40. The fraction of sp³-hybridized carbons (Fsp3) is 0.208. The van der Waals surface area contributed by atoms with E-state index in [0.29, 0.717) is 22.4 Å². The van der Waals surface area contributed by atoms with Crippen LogP contribution in [0.4, 0.5) is 5.69 Å². The number of nitriles is 1. The number of esters is 1. The zero-order chi connectivity index (χ0) is 22.7. The molecule has 4 rings (SSSR count). The normalized spacial score (nSPS) is 13.6. The van der Waals surface area contributed by atoms with E-state index in [9.17, 15) is 18.5 Å². The molecular weight excluding hydrogens is 426 g/mol. The van der Waals surface area contributed by atoms with Gasteiger partial charge in [0.1, 0.15) is 0 Å². The van der Waals surface area contributed by atoms with Crippen molar-refractivity contribution in [3.63, 3.8) is 0 Å². The molecule has 1 fully saturated rings. The van der Waals surface area contributed by atoms with E-state index in [2.05, 4.69) is 9.71 Å². The summed E-state index contributed by atoms with van der Waals surface area (Å²) in [7, 11) is -2.83. The third kappa shape index (κ3) is 4.20. The van der Waals surface area contributed by atoms with Gasteiger partial charge in [-0.1, -0.05) is 18.6 Å². The van der Waals surface area contributed by atoms with Crippen LogP contribution in [0, 0.1) is 11.3 Å². The third-order valence-electron chi connectivity index (χ3n) is 5.60. The molecule has 0 atom stereocenters. The number of carbonyl (C=O) groups excluding carboxylic acids is 1. The van der Waals surface area contributed by atoms with Crippen LogP contribution in [0.1, 0.15) is 46.7 Å². The van der Waals surface area contributed by atoms with Gasteiger partial charge in [0, 0.05) is 11.8 Å². The Balaban J connectivity index is 1.82. The SMILES string of the molecule is COC(=O)c1ccc(C2CCC2)c(S(=O)(=O)Nc2cc(C#N)ccc2-c2ccccn2)c1. The lowest BCUT2D eigenvalue weighted by Gasteiger charge is -2.28. The van der Waals surface area contributed by atoms with Crippen LogP contribution in [0.3, 0.4) is 0 Å². The molecule has 32 heavy (non-hydrogen) atoms. The first-order valence-corrected chi connectivity index (χ1v) is 11.6. The van der Waals surface area contributed by atoms with Crippen molar-refractivity contribution < 1.29 is 17.9 Å². The molecule has 1 N–H and O–H groups in total. The molecule has 0 radical (unpaired) electrons. The van der Waals surface area contributed by atoms with E-state index in [1.165, 1.54) is 19.2 Å². The fourth-order valence-corrected chi connectivity index (χ4v) is 5.11. The van der Waals surface area contributed by atoms with Gasteiger partial charge < -0.3 is 4.74 Å². The minimum atomic E-state index is -4.08. The molecule has 0 bridgehead atoms. The van der Waals surface area contributed by atoms with Gasteiger partial charge in [-0.3, -0.25) is 9.71 Å². The van der Waals surface area contributed by atoms with E-state index in [0.717, 1.165) is 19.3 Å². The molecular formula is C24H21N3O4S. The average Bonchev–Trinajstić information content (AvgIpc) is 2.77. The van der Waals surface area contributed by atoms with Crippen LogP contribution in [0.25, 0.3) is 11.3 Å². The molecule has 8 heteroatoms. The number of anilines is 1. The summed E-state index contributed by atoms with van der Waals surface area (Å²) in [5.41, 5.74) is 2.49. The summed E-state index contributed by atoms with van der Waals surface area (Å²) in [6.07, 6.45) is 4.43.